The zero-order valence-corrected chi connectivity index (χ0v) is 18.3. The van der Waals surface area contributed by atoms with Crippen molar-refractivity contribution >= 4 is 58.4 Å². The van der Waals surface area contributed by atoms with Gasteiger partial charge in [0.1, 0.15) is 5.52 Å². The van der Waals surface area contributed by atoms with Gasteiger partial charge in [0.2, 0.25) is 0 Å². The average Bonchev–Trinajstić information content (AvgIpc) is 3.11. The van der Waals surface area contributed by atoms with E-state index in [4.69, 9.17) is 0 Å². The summed E-state index contributed by atoms with van der Waals surface area (Å²) in [6.07, 6.45) is 1.20. The van der Waals surface area contributed by atoms with E-state index in [9.17, 15) is 13.2 Å². The van der Waals surface area contributed by atoms with Crippen molar-refractivity contribution in [3.63, 3.8) is 0 Å². The van der Waals surface area contributed by atoms with Crippen LogP contribution in [0.25, 0.3) is 10.2 Å². The molecule has 3 aromatic rings. The lowest BCUT2D eigenvalue weighted by molar-refractivity contribution is 0.0746. The highest BCUT2D eigenvalue weighted by Gasteiger charge is 2.25. The minimum Gasteiger partial charge on any atom is -0.345 e. The number of aromatic nitrogens is 1. The third-order valence-corrected chi connectivity index (χ3v) is 7.38. The zero-order chi connectivity index (χ0) is 19.9. The third kappa shape index (κ3) is 3.78. The summed E-state index contributed by atoms with van der Waals surface area (Å²) in [5.41, 5.74) is 1.19. The molecular weight excluding hydrogens is 462 g/mol. The molecule has 1 aliphatic heterocycles. The van der Waals surface area contributed by atoms with Crippen LogP contribution in [-0.4, -0.2) is 56.6 Å². The second-order valence-corrected chi connectivity index (χ2v) is 10.6. The highest BCUT2D eigenvalue weighted by molar-refractivity contribution is 9.10. The minimum atomic E-state index is -3.33. The van der Waals surface area contributed by atoms with E-state index in [0.29, 0.717) is 37.3 Å². The van der Waals surface area contributed by atoms with Gasteiger partial charge in [-0.3, -0.25) is 4.79 Å². The third-order valence-electron chi connectivity index (χ3n) is 4.68. The lowest BCUT2D eigenvalue weighted by Gasteiger charge is -2.34. The molecule has 9 heteroatoms. The summed E-state index contributed by atoms with van der Waals surface area (Å²) in [6.45, 7) is 2.52. The number of sulfone groups is 1. The number of hydrogen-bond donors (Lipinski definition) is 0. The van der Waals surface area contributed by atoms with Gasteiger partial charge >= 0.3 is 0 Å². The molecule has 0 unspecified atom stereocenters. The predicted octanol–water partition coefficient (Wildman–Crippen LogP) is 3.42. The molecule has 28 heavy (non-hydrogen) atoms. The molecule has 1 fully saturated rings. The Morgan fingerprint density at radius 1 is 1.11 bits per heavy atom. The van der Waals surface area contributed by atoms with Gasteiger partial charge in [-0.2, -0.15) is 0 Å². The lowest BCUT2D eigenvalue weighted by atomic mass is 10.2. The van der Waals surface area contributed by atoms with Crippen LogP contribution in [-0.2, 0) is 9.84 Å². The SMILES string of the molecule is CS(=O)(=O)c1cccc2sc(N3CCN(C(=O)c4cccc(Br)c4)CC3)nc12. The predicted molar refractivity (Wildman–Crippen MR) is 115 cm³/mol. The number of amides is 1. The summed E-state index contributed by atoms with van der Waals surface area (Å²) in [6, 6.07) is 12.6. The maximum atomic E-state index is 12.7. The van der Waals surface area contributed by atoms with Crippen LogP contribution in [0.4, 0.5) is 5.13 Å². The molecule has 0 spiro atoms. The van der Waals surface area contributed by atoms with E-state index < -0.39 is 9.84 Å². The number of fused-ring (bicyclic) bond motifs is 1. The van der Waals surface area contributed by atoms with Crippen LogP contribution in [0.5, 0.6) is 0 Å². The Hall–Kier alpha value is -1.97. The van der Waals surface area contributed by atoms with Crippen molar-refractivity contribution in [2.24, 2.45) is 0 Å². The molecule has 0 radical (unpaired) electrons. The number of nitrogens with zero attached hydrogens (tertiary/aromatic N) is 3. The molecule has 4 rings (SSSR count). The number of carbonyl (C=O) groups excluding carboxylic acids is 1. The number of rotatable bonds is 3. The molecule has 2 heterocycles. The maximum Gasteiger partial charge on any atom is 0.254 e. The van der Waals surface area contributed by atoms with Crippen molar-refractivity contribution in [1.29, 1.82) is 0 Å². The van der Waals surface area contributed by atoms with Crippen LogP contribution in [0.3, 0.4) is 0 Å². The standard InChI is InChI=1S/C19H18BrN3O3S2/c1-28(25,26)16-7-3-6-15-17(16)21-19(27-15)23-10-8-22(9-11-23)18(24)13-4-2-5-14(20)12-13/h2-7,12H,8-11H2,1H3. The van der Waals surface area contributed by atoms with Gasteiger partial charge in [-0.25, -0.2) is 13.4 Å². The minimum absolute atomic E-state index is 0.0182. The van der Waals surface area contributed by atoms with Gasteiger partial charge < -0.3 is 9.80 Å². The smallest absolute Gasteiger partial charge is 0.254 e. The molecule has 1 aromatic heterocycles. The van der Waals surface area contributed by atoms with Gasteiger partial charge in [-0.1, -0.05) is 39.4 Å². The molecule has 1 aliphatic rings. The van der Waals surface area contributed by atoms with Crippen molar-refractivity contribution in [2.75, 3.05) is 37.3 Å². The molecule has 0 bridgehead atoms. The number of piperazine rings is 1. The molecule has 0 N–H and O–H groups in total. The van der Waals surface area contributed by atoms with Crippen molar-refractivity contribution in [1.82, 2.24) is 9.88 Å². The second kappa shape index (κ2) is 7.46. The number of thiazole rings is 1. The van der Waals surface area contributed by atoms with Crippen LogP contribution in [0.2, 0.25) is 0 Å². The fourth-order valence-electron chi connectivity index (χ4n) is 3.25. The van der Waals surface area contributed by atoms with Crippen LogP contribution >= 0.6 is 27.3 Å². The zero-order valence-electron chi connectivity index (χ0n) is 15.1. The van der Waals surface area contributed by atoms with Crippen LogP contribution < -0.4 is 4.90 Å². The van der Waals surface area contributed by atoms with Gasteiger partial charge in [-0.05, 0) is 30.3 Å². The fourth-order valence-corrected chi connectivity index (χ4v) is 5.59. The van der Waals surface area contributed by atoms with Crippen LogP contribution in [0.1, 0.15) is 10.4 Å². The Bertz CT molecular complexity index is 1150. The van der Waals surface area contributed by atoms with Crippen molar-refractivity contribution in [2.45, 2.75) is 4.90 Å². The van der Waals surface area contributed by atoms with Crippen molar-refractivity contribution < 1.29 is 13.2 Å². The highest BCUT2D eigenvalue weighted by atomic mass is 79.9. The van der Waals surface area contributed by atoms with E-state index in [1.807, 2.05) is 35.2 Å². The van der Waals surface area contributed by atoms with E-state index in [0.717, 1.165) is 14.3 Å². The molecule has 1 amide bonds. The first-order valence-corrected chi connectivity index (χ1v) is 12.2. The molecule has 0 aliphatic carbocycles. The van der Waals surface area contributed by atoms with Crippen LogP contribution in [0.15, 0.2) is 51.8 Å². The van der Waals surface area contributed by atoms with E-state index >= 15 is 0 Å². The molecule has 146 valence electrons. The van der Waals surface area contributed by atoms with Crippen LogP contribution in [0, 0.1) is 0 Å². The summed E-state index contributed by atoms with van der Waals surface area (Å²) in [7, 11) is -3.33. The van der Waals surface area contributed by atoms with Gasteiger partial charge in [-0.15, -0.1) is 0 Å². The molecule has 0 saturated carbocycles. The maximum absolute atomic E-state index is 12.7. The van der Waals surface area contributed by atoms with Gasteiger partial charge in [0, 0.05) is 42.5 Å². The second-order valence-electron chi connectivity index (χ2n) is 6.66. The molecule has 2 aromatic carbocycles. The van der Waals surface area contributed by atoms with E-state index in [2.05, 4.69) is 25.8 Å². The van der Waals surface area contributed by atoms with Gasteiger partial charge in [0.05, 0.1) is 9.60 Å². The summed E-state index contributed by atoms with van der Waals surface area (Å²) in [5.74, 6) is 0.0182. The topological polar surface area (TPSA) is 70.6 Å². The highest BCUT2D eigenvalue weighted by Crippen LogP contribution is 2.33. The summed E-state index contributed by atoms with van der Waals surface area (Å²) < 4.78 is 25.8. The first-order chi connectivity index (χ1) is 13.3. The quantitative estimate of drug-likeness (QED) is 0.575. The Morgan fingerprint density at radius 3 is 2.50 bits per heavy atom. The summed E-state index contributed by atoms with van der Waals surface area (Å²) in [5, 5.41) is 0.792. The Balaban J connectivity index is 1.52. The molecular formula is C19H18BrN3O3S2. The number of halogens is 1. The first kappa shape index (κ1) is 19.4. The summed E-state index contributed by atoms with van der Waals surface area (Å²) >= 11 is 4.89. The number of para-hydroxylation sites is 1. The van der Waals surface area contributed by atoms with E-state index in [1.54, 1.807) is 12.1 Å². The largest absolute Gasteiger partial charge is 0.345 e. The Labute approximate surface area is 175 Å². The lowest BCUT2D eigenvalue weighted by Crippen LogP contribution is -2.48. The van der Waals surface area contributed by atoms with E-state index in [-0.39, 0.29) is 10.8 Å². The normalized spacial score (nSPS) is 15.2. The van der Waals surface area contributed by atoms with Gasteiger partial charge in [0.15, 0.2) is 15.0 Å². The fraction of sp³-hybridized carbons (Fsp3) is 0.263. The number of hydrogen-bond acceptors (Lipinski definition) is 6. The van der Waals surface area contributed by atoms with Crippen molar-refractivity contribution in [3.8, 4) is 0 Å². The van der Waals surface area contributed by atoms with E-state index in [1.165, 1.54) is 17.6 Å². The first-order valence-electron chi connectivity index (χ1n) is 8.72. The summed E-state index contributed by atoms with van der Waals surface area (Å²) in [4.78, 5) is 21.5. The Kier molecular flexibility index (Phi) is 5.15. The molecule has 1 saturated heterocycles. The molecule has 0 atom stereocenters. The number of anilines is 1. The number of benzene rings is 2. The Morgan fingerprint density at radius 2 is 1.82 bits per heavy atom. The molecule has 6 nitrogen and oxygen atoms in total. The van der Waals surface area contributed by atoms with Gasteiger partial charge in [0.25, 0.3) is 5.91 Å². The average molecular weight is 480 g/mol. The number of carbonyl (C=O) groups is 1. The monoisotopic (exact) mass is 479 g/mol. The van der Waals surface area contributed by atoms with Crippen molar-refractivity contribution in [3.05, 3.63) is 52.5 Å².